The minimum Gasteiger partial charge on any atom is -0.465 e. The van der Waals surface area contributed by atoms with E-state index in [1.807, 2.05) is 19.1 Å². The number of ketones is 1. The second kappa shape index (κ2) is 3.99. The van der Waals surface area contributed by atoms with Gasteiger partial charge >= 0.3 is 5.97 Å². The standard InChI is InChI=1S/C14H16O3/c1-9-8-11(14(6-7-14)10(2)15)4-5-12(9)13(16)17-3/h4-5,8H,6-7H2,1-3H3. The van der Waals surface area contributed by atoms with E-state index in [2.05, 4.69) is 0 Å². The first-order valence-electron chi connectivity index (χ1n) is 5.72. The van der Waals surface area contributed by atoms with Crippen LogP contribution in [0.5, 0.6) is 0 Å². The van der Waals surface area contributed by atoms with Crippen LogP contribution in [0, 0.1) is 6.92 Å². The van der Waals surface area contributed by atoms with E-state index >= 15 is 0 Å². The van der Waals surface area contributed by atoms with Gasteiger partial charge in [0, 0.05) is 0 Å². The first-order valence-corrected chi connectivity index (χ1v) is 5.72. The number of carbonyl (C=O) groups excluding carboxylic acids is 2. The van der Waals surface area contributed by atoms with Crippen LogP contribution in [0.3, 0.4) is 0 Å². The summed E-state index contributed by atoms with van der Waals surface area (Å²) in [5.74, 6) is -0.121. The Morgan fingerprint density at radius 1 is 1.29 bits per heavy atom. The zero-order valence-corrected chi connectivity index (χ0v) is 10.4. The second-order valence-corrected chi connectivity index (χ2v) is 4.66. The molecule has 0 aliphatic heterocycles. The Balaban J connectivity index is 2.38. The number of ether oxygens (including phenoxy) is 1. The zero-order chi connectivity index (χ0) is 12.6. The fraction of sp³-hybridized carbons (Fsp3) is 0.429. The smallest absolute Gasteiger partial charge is 0.338 e. The molecule has 0 radical (unpaired) electrons. The van der Waals surface area contributed by atoms with Gasteiger partial charge in [0.15, 0.2) is 0 Å². The van der Waals surface area contributed by atoms with Gasteiger partial charge in [-0.05, 0) is 43.9 Å². The van der Waals surface area contributed by atoms with Crippen molar-refractivity contribution in [2.45, 2.75) is 32.1 Å². The number of esters is 1. The number of aryl methyl sites for hydroxylation is 1. The van der Waals surface area contributed by atoms with Gasteiger partial charge in [-0.25, -0.2) is 4.79 Å². The van der Waals surface area contributed by atoms with Crippen LogP contribution in [-0.4, -0.2) is 18.9 Å². The summed E-state index contributed by atoms with van der Waals surface area (Å²) in [5, 5.41) is 0. The lowest BCUT2D eigenvalue weighted by Crippen LogP contribution is -2.17. The molecular formula is C14H16O3. The van der Waals surface area contributed by atoms with Crippen molar-refractivity contribution < 1.29 is 14.3 Å². The summed E-state index contributed by atoms with van der Waals surface area (Å²) in [7, 11) is 1.37. The molecule has 0 bridgehead atoms. The van der Waals surface area contributed by atoms with E-state index in [4.69, 9.17) is 4.74 Å². The molecule has 17 heavy (non-hydrogen) atoms. The van der Waals surface area contributed by atoms with Crippen LogP contribution in [0.2, 0.25) is 0 Å². The highest BCUT2D eigenvalue weighted by Gasteiger charge is 2.48. The minimum atomic E-state index is -0.332. The molecule has 0 N–H and O–H groups in total. The molecule has 0 unspecified atom stereocenters. The zero-order valence-electron chi connectivity index (χ0n) is 10.4. The highest BCUT2D eigenvalue weighted by Crippen LogP contribution is 2.49. The SMILES string of the molecule is COC(=O)c1ccc(C2(C(C)=O)CC2)cc1C. The van der Waals surface area contributed by atoms with Gasteiger partial charge in [0.2, 0.25) is 0 Å². The molecule has 0 atom stereocenters. The molecule has 3 nitrogen and oxygen atoms in total. The summed E-state index contributed by atoms with van der Waals surface area (Å²) in [6, 6.07) is 5.55. The molecule has 0 heterocycles. The topological polar surface area (TPSA) is 43.4 Å². The fourth-order valence-corrected chi connectivity index (χ4v) is 2.27. The Morgan fingerprint density at radius 3 is 2.35 bits per heavy atom. The maximum absolute atomic E-state index is 11.6. The monoisotopic (exact) mass is 232 g/mol. The summed E-state index contributed by atoms with van der Waals surface area (Å²) < 4.78 is 4.70. The van der Waals surface area contributed by atoms with Gasteiger partial charge in [-0.1, -0.05) is 12.1 Å². The molecule has 0 saturated heterocycles. The van der Waals surface area contributed by atoms with Gasteiger partial charge in [0.1, 0.15) is 5.78 Å². The van der Waals surface area contributed by atoms with Crippen molar-refractivity contribution in [2.24, 2.45) is 0 Å². The van der Waals surface area contributed by atoms with E-state index in [0.717, 1.165) is 24.0 Å². The van der Waals surface area contributed by atoms with Crippen molar-refractivity contribution in [2.75, 3.05) is 7.11 Å². The van der Waals surface area contributed by atoms with E-state index in [1.54, 1.807) is 13.0 Å². The lowest BCUT2D eigenvalue weighted by molar-refractivity contribution is -0.119. The number of carbonyl (C=O) groups is 2. The molecule has 3 heteroatoms. The predicted molar refractivity (Wildman–Crippen MR) is 64.1 cm³/mol. The molecule has 1 aliphatic carbocycles. The third-order valence-electron chi connectivity index (χ3n) is 3.61. The molecule has 0 spiro atoms. The van der Waals surface area contributed by atoms with Crippen LogP contribution in [0.1, 0.15) is 41.3 Å². The Morgan fingerprint density at radius 2 is 1.94 bits per heavy atom. The van der Waals surface area contributed by atoms with Crippen molar-refractivity contribution in [1.29, 1.82) is 0 Å². The number of hydrogen-bond donors (Lipinski definition) is 0. The summed E-state index contributed by atoms with van der Waals surface area (Å²) in [5.41, 5.74) is 2.17. The first-order chi connectivity index (χ1) is 8.01. The van der Waals surface area contributed by atoms with Crippen LogP contribution in [0.25, 0.3) is 0 Å². The van der Waals surface area contributed by atoms with E-state index in [-0.39, 0.29) is 17.2 Å². The molecule has 90 valence electrons. The maximum Gasteiger partial charge on any atom is 0.338 e. The quantitative estimate of drug-likeness (QED) is 0.751. The summed E-state index contributed by atoms with van der Waals surface area (Å²) >= 11 is 0. The molecule has 2 rings (SSSR count). The highest BCUT2D eigenvalue weighted by atomic mass is 16.5. The van der Waals surface area contributed by atoms with Crippen LogP contribution in [0.15, 0.2) is 18.2 Å². The number of rotatable bonds is 3. The van der Waals surface area contributed by atoms with Crippen LogP contribution >= 0.6 is 0 Å². The van der Waals surface area contributed by atoms with Gasteiger partial charge in [0.25, 0.3) is 0 Å². The Hall–Kier alpha value is -1.64. The molecule has 1 aliphatic rings. The average molecular weight is 232 g/mol. The van der Waals surface area contributed by atoms with E-state index in [0.29, 0.717) is 5.56 Å². The third kappa shape index (κ3) is 1.86. The van der Waals surface area contributed by atoms with Crippen LogP contribution in [-0.2, 0) is 14.9 Å². The first kappa shape index (κ1) is 11.8. The minimum absolute atomic E-state index is 0.211. The summed E-state index contributed by atoms with van der Waals surface area (Å²) in [6.07, 6.45) is 1.83. The summed E-state index contributed by atoms with van der Waals surface area (Å²) in [4.78, 5) is 23.1. The molecule has 0 amide bonds. The van der Waals surface area contributed by atoms with Crippen molar-refractivity contribution in [3.63, 3.8) is 0 Å². The molecular weight excluding hydrogens is 216 g/mol. The Bertz CT molecular complexity index is 484. The third-order valence-corrected chi connectivity index (χ3v) is 3.61. The lowest BCUT2D eigenvalue weighted by atomic mass is 9.90. The summed E-state index contributed by atoms with van der Waals surface area (Å²) in [6.45, 7) is 3.50. The van der Waals surface area contributed by atoms with Gasteiger partial charge in [-0.2, -0.15) is 0 Å². The van der Waals surface area contributed by atoms with Crippen molar-refractivity contribution in [3.8, 4) is 0 Å². The van der Waals surface area contributed by atoms with Crippen molar-refractivity contribution >= 4 is 11.8 Å². The number of methoxy groups -OCH3 is 1. The van der Waals surface area contributed by atoms with Crippen LogP contribution in [0.4, 0.5) is 0 Å². The van der Waals surface area contributed by atoms with Gasteiger partial charge < -0.3 is 4.74 Å². The Labute approximate surface area is 101 Å². The molecule has 1 aromatic rings. The van der Waals surface area contributed by atoms with Crippen molar-refractivity contribution in [3.05, 3.63) is 34.9 Å². The maximum atomic E-state index is 11.6. The molecule has 1 saturated carbocycles. The van der Waals surface area contributed by atoms with Crippen molar-refractivity contribution in [1.82, 2.24) is 0 Å². The molecule has 0 aromatic heterocycles. The highest BCUT2D eigenvalue weighted by molar-refractivity contribution is 5.93. The van der Waals surface area contributed by atoms with Gasteiger partial charge in [-0.15, -0.1) is 0 Å². The van der Waals surface area contributed by atoms with E-state index in [1.165, 1.54) is 7.11 Å². The fourth-order valence-electron chi connectivity index (χ4n) is 2.27. The largest absolute Gasteiger partial charge is 0.465 e. The number of benzene rings is 1. The van der Waals surface area contributed by atoms with E-state index in [9.17, 15) is 9.59 Å². The van der Waals surface area contributed by atoms with Crippen LogP contribution < -0.4 is 0 Å². The average Bonchev–Trinajstić information content (AvgIpc) is 3.09. The van der Waals surface area contributed by atoms with E-state index < -0.39 is 0 Å². The molecule has 1 fully saturated rings. The number of hydrogen-bond acceptors (Lipinski definition) is 3. The normalized spacial score (nSPS) is 16.4. The second-order valence-electron chi connectivity index (χ2n) is 4.66. The number of Topliss-reactive ketones (excluding diaryl/α,β-unsaturated/α-hetero) is 1. The predicted octanol–water partition coefficient (Wildman–Crippen LogP) is 2.40. The van der Waals surface area contributed by atoms with Gasteiger partial charge in [0.05, 0.1) is 18.1 Å². The lowest BCUT2D eigenvalue weighted by Gasteiger charge is -2.14. The Kier molecular flexibility index (Phi) is 2.77. The molecule has 1 aromatic carbocycles. The van der Waals surface area contributed by atoms with Gasteiger partial charge in [-0.3, -0.25) is 4.79 Å².